The number of amides is 1. The molecule has 1 fully saturated rings. The van der Waals surface area contributed by atoms with Gasteiger partial charge in [0, 0.05) is 19.8 Å². The fraction of sp³-hybridized carbons (Fsp3) is 0.524. The van der Waals surface area contributed by atoms with Crippen molar-refractivity contribution in [3.63, 3.8) is 0 Å². The molecule has 0 saturated carbocycles. The van der Waals surface area contributed by atoms with Crippen molar-refractivity contribution in [3.05, 3.63) is 61.2 Å². The van der Waals surface area contributed by atoms with E-state index in [0.717, 1.165) is 25.9 Å². The summed E-state index contributed by atoms with van der Waals surface area (Å²) in [6.45, 7) is 6.51. The summed E-state index contributed by atoms with van der Waals surface area (Å²) >= 11 is 0. The van der Waals surface area contributed by atoms with Crippen molar-refractivity contribution < 1.29 is 4.79 Å². The van der Waals surface area contributed by atoms with Gasteiger partial charge in [0.15, 0.2) is 0 Å². The molecule has 2 aromatic heterocycles. The number of hydrogen-bond acceptors (Lipinski definition) is 5. The van der Waals surface area contributed by atoms with Gasteiger partial charge in [-0.15, -0.1) is 24.8 Å². The minimum Gasteiger partial charge on any atom is -0.328 e. The summed E-state index contributed by atoms with van der Waals surface area (Å²) in [5.74, 6) is 0.669. The zero-order chi connectivity index (χ0) is 20.7. The average molecular weight is 470 g/mol. The smallest absolute Gasteiger partial charge is 0.263 e. The number of aryl methyl sites for hydroxylation is 2. The molecule has 0 bridgehead atoms. The number of piperidine rings is 1. The lowest BCUT2D eigenvalue weighted by molar-refractivity contribution is 0.0746. The molecule has 2 aliphatic heterocycles. The summed E-state index contributed by atoms with van der Waals surface area (Å²) in [5.41, 5.74) is 1.63. The minimum absolute atomic E-state index is 0. The maximum Gasteiger partial charge on any atom is 0.263 e. The molecule has 0 aromatic carbocycles. The van der Waals surface area contributed by atoms with Crippen LogP contribution in [0, 0.1) is 19.8 Å². The van der Waals surface area contributed by atoms with E-state index < -0.39 is 0 Å². The fourth-order valence-corrected chi connectivity index (χ4v) is 4.26. The predicted octanol–water partition coefficient (Wildman–Crippen LogP) is 1.56. The zero-order valence-corrected chi connectivity index (χ0v) is 19.6. The molecule has 0 radical (unpaired) electrons. The maximum absolute atomic E-state index is 13.2. The fourth-order valence-electron chi connectivity index (χ4n) is 4.26. The van der Waals surface area contributed by atoms with Crippen LogP contribution in [0.15, 0.2) is 21.9 Å². The number of nitrogens with one attached hydrogen (secondary N) is 1. The van der Waals surface area contributed by atoms with Crippen molar-refractivity contribution >= 4 is 30.7 Å². The molecule has 2 aromatic rings. The summed E-state index contributed by atoms with van der Waals surface area (Å²) in [5, 5.41) is 3.36. The van der Waals surface area contributed by atoms with Crippen LogP contribution in [-0.2, 0) is 26.7 Å². The van der Waals surface area contributed by atoms with Crippen LogP contribution in [0.5, 0.6) is 0 Å². The van der Waals surface area contributed by atoms with E-state index in [9.17, 15) is 14.4 Å². The SMILES string of the molecule is Cc1ccn(CC2CCCNC2)c(=O)c1C(=O)N1Cc2nc(C)n(C)c(=O)c2C1.Cl.Cl. The molecule has 2 aliphatic rings. The third-order valence-electron chi connectivity index (χ3n) is 6.11. The minimum atomic E-state index is -0.332. The van der Waals surface area contributed by atoms with E-state index in [-0.39, 0.29) is 60.5 Å². The molecule has 31 heavy (non-hydrogen) atoms. The van der Waals surface area contributed by atoms with E-state index in [4.69, 9.17) is 0 Å². The molecular formula is C21H29Cl2N5O3. The first kappa shape index (κ1) is 25.1. The first-order valence-electron chi connectivity index (χ1n) is 10.1. The van der Waals surface area contributed by atoms with Crippen molar-refractivity contribution in [1.29, 1.82) is 0 Å². The van der Waals surface area contributed by atoms with Gasteiger partial charge in [0.05, 0.1) is 24.3 Å². The third-order valence-corrected chi connectivity index (χ3v) is 6.11. The standard InChI is InChI=1S/C21H27N5O3.2ClH/c1-13-6-8-25(10-15-5-4-7-22-9-15)20(28)18(13)21(29)26-11-16-17(12-26)23-14(2)24(3)19(16)27;;/h6,8,15,22H,4-5,7,9-12H2,1-3H3;2*1H. The van der Waals surface area contributed by atoms with Gasteiger partial charge >= 0.3 is 0 Å². The van der Waals surface area contributed by atoms with Crippen LogP contribution in [0.3, 0.4) is 0 Å². The zero-order valence-electron chi connectivity index (χ0n) is 18.0. The lowest BCUT2D eigenvalue weighted by Crippen LogP contribution is -2.38. The number of fused-ring (bicyclic) bond motifs is 1. The summed E-state index contributed by atoms with van der Waals surface area (Å²) in [6, 6.07) is 1.83. The van der Waals surface area contributed by atoms with Crippen LogP contribution < -0.4 is 16.4 Å². The number of nitrogens with zero attached hydrogens (tertiary/aromatic N) is 4. The molecule has 1 atom stereocenters. The molecule has 1 saturated heterocycles. The van der Waals surface area contributed by atoms with Crippen molar-refractivity contribution in [1.82, 2.24) is 24.3 Å². The van der Waals surface area contributed by atoms with Crippen LogP contribution in [0.4, 0.5) is 0 Å². The largest absolute Gasteiger partial charge is 0.328 e. The molecule has 1 unspecified atom stereocenters. The van der Waals surface area contributed by atoms with Gasteiger partial charge in [-0.1, -0.05) is 0 Å². The quantitative estimate of drug-likeness (QED) is 0.736. The molecule has 1 amide bonds. The van der Waals surface area contributed by atoms with Crippen molar-refractivity contribution in [2.24, 2.45) is 13.0 Å². The summed E-state index contributed by atoms with van der Waals surface area (Å²) in [7, 11) is 1.68. The Morgan fingerprint density at radius 3 is 2.61 bits per heavy atom. The van der Waals surface area contributed by atoms with Crippen LogP contribution in [0.2, 0.25) is 0 Å². The lowest BCUT2D eigenvalue weighted by Gasteiger charge is -2.24. The number of carbonyl (C=O) groups is 1. The Bertz CT molecular complexity index is 1090. The Labute approximate surface area is 193 Å². The van der Waals surface area contributed by atoms with E-state index in [2.05, 4.69) is 10.3 Å². The number of halogens is 2. The molecule has 4 rings (SSSR count). The summed E-state index contributed by atoms with van der Waals surface area (Å²) in [6.07, 6.45) is 3.96. The van der Waals surface area contributed by atoms with Gasteiger partial charge in [0.25, 0.3) is 17.0 Å². The first-order valence-corrected chi connectivity index (χ1v) is 10.1. The number of rotatable bonds is 3. The van der Waals surface area contributed by atoms with Gasteiger partial charge in [-0.3, -0.25) is 19.0 Å². The van der Waals surface area contributed by atoms with E-state index >= 15 is 0 Å². The van der Waals surface area contributed by atoms with Crippen LogP contribution in [-0.4, -0.2) is 38.0 Å². The van der Waals surface area contributed by atoms with Crippen LogP contribution in [0.1, 0.15) is 45.8 Å². The van der Waals surface area contributed by atoms with Gasteiger partial charge in [-0.25, -0.2) is 4.98 Å². The van der Waals surface area contributed by atoms with Gasteiger partial charge in [-0.05, 0) is 57.3 Å². The predicted molar refractivity (Wildman–Crippen MR) is 123 cm³/mol. The van der Waals surface area contributed by atoms with E-state index in [1.807, 2.05) is 6.07 Å². The number of hydrogen-bond donors (Lipinski definition) is 1. The molecule has 0 aliphatic carbocycles. The Hall–Kier alpha value is -2.16. The molecule has 8 nitrogen and oxygen atoms in total. The Morgan fingerprint density at radius 2 is 1.94 bits per heavy atom. The highest BCUT2D eigenvalue weighted by Gasteiger charge is 2.31. The van der Waals surface area contributed by atoms with Gasteiger partial charge < -0.3 is 14.8 Å². The monoisotopic (exact) mass is 469 g/mol. The number of aromatic nitrogens is 3. The number of carbonyl (C=O) groups excluding carboxylic acids is 1. The average Bonchev–Trinajstić information content (AvgIpc) is 3.13. The molecular weight excluding hydrogens is 441 g/mol. The normalized spacial score (nSPS) is 17.5. The highest BCUT2D eigenvalue weighted by molar-refractivity contribution is 5.95. The second-order valence-electron chi connectivity index (χ2n) is 8.15. The lowest BCUT2D eigenvalue weighted by atomic mass is 9.99. The molecule has 4 heterocycles. The summed E-state index contributed by atoms with van der Waals surface area (Å²) < 4.78 is 3.15. The highest BCUT2D eigenvalue weighted by atomic mass is 35.5. The maximum atomic E-state index is 13.2. The van der Waals surface area contributed by atoms with Gasteiger partial charge in [-0.2, -0.15) is 0 Å². The van der Waals surface area contributed by atoms with Crippen molar-refractivity contribution in [2.45, 2.75) is 46.3 Å². The Balaban J connectivity index is 0.00000171. The first-order chi connectivity index (χ1) is 13.9. The van der Waals surface area contributed by atoms with E-state index in [1.165, 1.54) is 4.57 Å². The Morgan fingerprint density at radius 1 is 1.19 bits per heavy atom. The highest BCUT2D eigenvalue weighted by Crippen LogP contribution is 2.21. The number of pyridine rings is 1. The molecule has 0 spiro atoms. The summed E-state index contributed by atoms with van der Waals surface area (Å²) in [4.78, 5) is 44.9. The van der Waals surface area contributed by atoms with Gasteiger partial charge in [0.1, 0.15) is 11.4 Å². The molecule has 10 heteroatoms. The molecule has 1 N–H and O–H groups in total. The Kier molecular flexibility index (Phi) is 8.08. The van der Waals surface area contributed by atoms with Crippen molar-refractivity contribution in [2.75, 3.05) is 13.1 Å². The van der Waals surface area contributed by atoms with Crippen LogP contribution >= 0.6 is 24.8 Å². The van der Waals surface area contributed by atoms with Gasteiger partial charge in [0.2, 0.25) is 0 Å². The van der Waals surface area contributed by atoms with Crippen LogP contribution in [0.25, 0.3) is 0 Å². The molecule has 170 valence electrons. The van der Waals surface area contributed by atoms with E-state index in [0.29, 0.717) is 35.1 Å². The second-order valence-corrected chi connectivity index (χ2v) is 8.15. The third kappa shape index (κ3) is 4.71. The van der Waals surface area contributed by atoms with E-state index in [1.54, 1.807) is 36.6 Å². The topological polar surface area (TPSA) is 89.2 Å². The van der Waals surface area contributed by atoms with Crippen molar-refractivity contribution in [3.8, 4) is 0 Å². The second kappa shape index (κ2) is 9.97.